The Morgan fingerprint density at radius 3 is 2.69 bits per heavy atom. The summed E-state index contributed by atoms with van der Waals surface area (Å²) in [6.07, 6.45) is 0.234. The summed E-state index contributed by atoms with van der Waals surface area (Å²) in [4.78, 5) is 26.4. The summed E-state index contributed by atoms with van der Waals surface area (Å²) < 4.78 is 5.61. The van der Waals surface area contributed by atoms with Gasteiger partial charge in [-0.1, -0.05) is 35.9 Å². The van der Waals surface area contributed by atoms with E-state index in [2.05, 4.69) is 5.32 Å². The van der Waals surface area contributed by atoms with Crippen LogP contribution in [0.25, 0.3) is 0 Å². The van der Waals surface area contributed by atoms with Gasteiger partial charge in [-0.05, 0) is 43.2 Å². The highest BCUT2D eigenvalue weighted by molar-refractivity contribution is 6.30. The average molecular weight is 417 g/mol. The molecule has 7 heteroatoms. The first kappa shape index (κ1) is 21.1. The number of carbonyl (C=O) groups excluding carboxylic acids is 2. The predicted molar refractivity (Wildman–Crippen MR) is 112 cm³/mol. The van der Waals surface area contributed by atoms with Gasteiger partial charge in [-0.25, -0.2) is 0 Å². The lowest BCUT2D eigenvalue weighted by atomic mass is 10.00. The third-order valence-corrected chi connectivity index (χ3v) is 5.17. The summed E-state index contributed by atoms with van der Waals surface area (Å²) in [5.74, 6) is 0.227. The van der Waals surface area contributed by atoms with Crippen molar-refractivity contribution in [2.75, 3.05) is 24.6 Å². The Bertz CT molecular complexity index is 856. The first-order chi connectivity index (χ1) is 14.0. The highest BCUT2D eigenvalue weighted by Gasteiger charge is 2.31. The van der Waals surface area contributed by atoms with Gasteiger partial charge < -0.3 is 20.1 Å². The van der Waals surface area contributed by atoms with Crippen LogP contribution in [0.4, 0.5) is 5.69 Å². The van der Waals surface area contributed by atoms with E-state index < -0.39 is 6.10 Å². The van der Waals surface area contributed by atoms with Gasteiger partial charge in [0.2, 0.25) is 5.91 Å². The zero-order valence-electron chi connectivity index (χ0n) is 16.3. The van der Waals surface area contributed by atoms with E-state index in [1.165, 1.54) is 0 Å². The maximum atomic E-state index is 12.5. The Morgan fingerprint density at radius 1 is 1.24 bits per heavy atom. The molecule has 2 amide bonds. The molecule has 0 bridgehead atoms. The summed E-state index contributed by atoms with van der Waals surface area (Å²) in [5, 5.41) is 13.1. The molecule has 2 aromatic rings. The minimum atomic E-state index is -0.578. The van der Waals surface area contributed by atoms with Crippen LogP contribution in [0, 0.1) is 5.92 Å². The molecular formula is C22H25ClN2O4. The normalized spacial score (nSPS) is 16.7. The van der Waals surface area contributed by atoms with Gasteiger partial charge in [0, 0.05) is 37.1 Å². The largest absolute Gasteiger partial charge is 0.479 e. The Hall–Kier alpha value is -2.57. The molecule has 1 aliphatic heterocycles. The van der Waals surface area contributed by atoms with Crippen molar-refractivity contribution < 1.29 is 19.4 Å². The number of nitrogens with one attached hydrogen (secondary N) is 1. The monoisotopic (exact) mass is 416 g/mol. The van der Waals surface area contributed by atoms with Crippen LogP contribution in [-0.2, 0) is 16.0 Å². The van der Waals surface area contributed by atoms with Gasteiger partial charge in [-0.3, -0.25) is 9.59 Å². The molecule has 0 aromatic heterocycles. The van der Waals surface area contributed by atoms with Crippen LogP contribution >= 0.6 is 11.6 Å². The minimum Gasteiger partial charge on any atom is -0.479 e. The highest BCUT2D eigenvalue weighted by Crippen LogP contribution is 2.33. The van der Waals surface area contributed by atoms with E-state index in [4.69, 9.17) is 16.3 Å². The molecule has 0 saturated heterocycles. The molecule has 0 fully saturated rings. The molecule has 3 rings (SSSR count). The summed E-state index contributed by atoms with van der Waals surface area (Å²) in [7, 11) is 0. The Labute approximate surface area is 175 Å². The van der Waals surface area contributed by atoms with Crippen LogP contribution in [0.3, 0.4) is 0 Å². The van der Waals surface area contributed by atoms with E-state index in [9.17, 15) is 14.7 Å². The van der Waals surface area contributed by atoms with Crippen molar-refractivity contribution in [3.05, 3.63) is 59.1 Å². The maximum absolute atomic E-state index is 12.5. The van der Waals surface area contributed by atoms with Crippen molar-refractivity contribution in [1.82, 2.24) is 5.32 Å². The first-order valence-electron chi connectivity index (χ1n) is 9.67. The molecule has 1 aliphatic rings. The van der Waals surface area contributed by atoms with Crippen molar-refractivity contribution >= 4 is 29.1 Å². The van der Waals surface area contributed by atoms with Crippen molar-refractivity contribution in [2.45, 2.75) is 25.9 Å². The van der Waals surface area contributed by atoms with Gasteiger partial charge in [-0.15, -0.1) is 0 Å². The zero-order chi connectivity index (χ0) is 20.8. The number of hydrogen-bond acceptors (Lipinski definition) is 4. The number of aliphatic hydroxyl groups is 1. The summed E-state index contributed by atoms with van der Waals surface area (Å²) in [6.45, 7) is 2.31. The van der Waals surface area contributed by atoms with Crippen LogP contribution in [0.5, 0.6) is 5.75 Å². The summed E-state index contributed by atoms with van der Waals surface area (Å²) in [6, 6.07) is 14.7. The van der Waals surface area contributed by atoms with E-state index in [1.807, 2.05) is 48.5 Å². The number of halogens is 1. The number of amides is 2. The second-order valence-electron chi connectivity index (χ2n) is 7.15. The number of para-hydroxylation sites is 2. The van der Waals surface area contributed by atoms with Gasteiger partial charge in [0.15, 0.2) is 6.10 Å². The number of hydrogen-bond donors (Lipinski definition) is 2. The predicted octanol–water partition coefficient (Wildman–Crippen LogP) is 2.81. The first-order valence-corrected chi connectivity index (χ1v) is 10.0. The molecule has 0 saturated carbocycles. The van der Waals surface area contributed by atoms with Gasteiger partial charge in [0.05, 0.1) is 5.69 Å². The van der Waals surface area contributed by atoms with Crippen LogP contribution in [-0.4, -0.2) is 42.7 Å². The van der Waals surface area contributed by atoms with Gasteiger partial charge in [-0.2, -0.15) is 0 Å². The fourth-order valence-corrected chi connectivity index (χ4v) is 3.43. The van der Waals surface area contributed by atoms with Crippen molar-refractivity contribution in [3.8, 4) is 5.75 Å². The van der Waals surface area contributed by atoms with E-state index in [0.29, 0.717) is 29.4 Å². The third-order valence-electron chi connectivity index (χ3n) is 4.92. The molecule has 2 N–H and O–H groups in total. The summed E-state index contributed by atoms with van der Waals surface area (Å²) in [5.41, 5.74) is 1.73. The SMILES string of the molecule is CC1Oc2ccccc2N(CCC(=O)NCC(CO)Cc2ccc(Cl)cc2)C1=O. The molecule has 6 nitrogen and oxygen atoms in total. The number of anilines is 1. The smallest absolute Gasteiger partial charge is 0.267 e. The Morgan fingerprint density at radius 2 is 1.97 bits per heavy atom. The van der Waals surface area contributed by atoms with E-state index in [0.717, 1.165) is 5.56 Å². The van der Waals surface area contributed by atoms with Gasteiger partial charge >= 0.3 is 0 Å². The fraction of sp³-hybridized carbons (Fsp3) is 0.364. The molecule has 1 heterocycles. The number of ether oxygens (including phenoxy) is 1. The molecule has 2 unspecified atom stereocenters. The lowest BCUT2D eigenvalue weighted by molar-refractivity contribution is -0.125. The van der Waals surface area contributed by atoms with E-state index in [-0.39, 0.29) is 37.3 Å². The second-order valence-corrected chi connectivity index (χ2v) is 7.59. The van der Waals surface area contributed by atoms with Crippen LogP contribution < -0.4 is 15.0 Å². The minimum absolute atomic E-state index is 0.0320. The molecule has 2 aromatic carbocycles. The lowest BCUT2D eigenvalue weighted by Gasteiger charge is -2.32. The molecular weight excluding hydrogens is 392 g/mol. The highest BCUT2D eigenvalue weighted by atomic mass is 35.5. The maximum Gasteiger partial charge on any atom is 0.267 e. The number of carbonyl (C=O) groups is 2. The number of aliphatic hydroxyl groups excluding tert-OH is 1. The Kier molecular flexibility index (Phi) is 7.12. The number of rotatable bonds is 8. The van der Waals surface area contributed by atoms with Crippen molar-refractivity contribution in [1.29, 1.82) is 0 Å². The number of benzene rings is 2. The standard InChI is InChI=1S/C22H25ClN2O4/c1-15-22(28)25(19-4-2-3-5-20(19)29-15)11-10-21(27)24-13-17(14-26)12-16-6-8-18(23)9-7-16/h2-9,15,17,26H,10-14H2,1H3,(H,24,27). The van der Waals surface area contributed by atoms with Gasteiger partial charge in [0.25, 0.3) is 5.91 Å². The molecule has 0 spiro atoms. The van der Waals surface area contributed by atoms with E-state index >= 15 is 0 Å². The average Bonchev–Trinajstić information content (AvgIpc) is 2.73. The van der Waals surface area contributed by atoms with Crippen LogP contribution in [0.2, 0.25) is 5.02 Å². The van der Waals surface area contributed by atoms with E-state index in [1.54, 1.807) is 11.8 Å². The van der Waals surface area contributed by atoms with Crippen LogP contribution in [0.15, 0.2) is 48.5 Å². The quantitative estimate of drug-likeness (QED) is 0.693. The third kappa shape index (κ3) is 5.49. The molecule has 2 atom stereocenters. The Balaban J connectivity index is 1.51. The van der Waals surface area contributed by atoms with Gasteiger partial charge in [0.1, 0.15) is 5.75 Å². The van der Waals surface area contributed by atoms with Crippen LogP contribution in [0.1, 0.15) is 18.9 Å². The lowest BCUT2D eigenvalue weighted by Crippen LogP contribution is -2.46. The fourth-order valence-electron chi connectivity index (χ4n) is 3.30. The molecule has 154 valence electrons. The summed E-state index contributed by atoms with van der Waals surface area (Å²) >= 11 is 5.89. The van der Waals surface area contributed by atoms with Crippen molar-refractivity contribution in [3.63, 3.8) is 0 Å². The zero-order valence-corrected chi connectivity index (χ0v) is 17.1. The molecule has 0 aliphatic carbocycles. The molecule has 0 radical (unpaired) electrons. The molecule has 29 heavy (non-hydrogen) atoms. The topological polar surface area (TPSA) is 78.9 Å². The number of nitrogens with zero attached hydrogens (tertiary/aromatic N) is 1. The number of fused-ring (bicyclic) bond motifs is 1. The van der Waals surface area contributed by atoms with Crippen molar-refractivity contribution in [2.24, 2.45) is 5.92 Å². The second kappa shape index (κ2) is 9.76.